The van der Waals surface area contributed by atoms with E-state index in [-0.39, 0.29) is 36.0 Å². The predicted molar refractivity (Wildman–Crippen MR) is 71.1 cm³/mol. The van der Waals surface area contributed by atoms with Crippen molar-refractivity contribution in [3.05, 3.63) is 35.4 Å². The van der Waals surface area contributed by atoms with Crippen LogP contribution in [-0.4, -0.2) is 23.7 Å². The van der Waals surface area contributed by atoms with Crippen LogP contribution in [0.2, 0.25) is 0 Å². The van der Waals surface area contributed by atoms with Gasteiger partial charge in [-0.15, -0.1) is 0 Å². The summed E-state index contributed by atoms with van der Waals surface area (Å²) in [5, 5.41) is 11.7. The predicted octanol–water partition coefficient (Wildman–Crippen LogP) is 2.35. The Kier molecular flexibility index (Phi) is 4.70. The lowest BCUT2D eigenvalue weighted by molar-refractivity contribution is -0.123. The summed E-state index contributed by atoms with van der Waals surface area (Å²) >= 11 is 0. The molecule has 1 aromatic rings. The van der Waals surface area contributed by atoms with E-state index < -0.39 is 11.6 Å². The van der Waals surface area contributed by atoms with E-state index in [4.69, 9.17) is 5.11 Å². The van der Waals surface area contributed by atoms with Crippen LogP contribution < -0.4 is 5.32 Å². The minimum absolute atomic E-state index is 0.0193. The molecule has 1 amide bonds. The van der Waals surface area contributed by atoms with Gasteiger partial charge in [-0.05, 0) is 48.9 Å². The first-order valence-electron chi connectivity index (χ1n) is 6.93. The Balaban J connectivity index is 1.97. The summed E-state index contributed by atoms with van der Waals surface area (Å²) in [6.07, 6.45) is 1.79. The maximum Gasteiger partial charge on any atom is 0.223 e. The normalized spacial score (nSPS) is 22.4. The minimum atomic E-state index is -0.487. The molecule has 2 N–H and O–H groups in total. The molecule has 0 bridgehead atoms. The molecule has 110 valence electrons. The molecular formula is C15H19F2NO2. The van der Waals surface area contributed by atoms with Gasteiger partial charge < -0.3 is 10.4 Å². The molecule has 0 radical (unpaired) electrons. The van der Waals surface area contributed by atoms with Crippen LogP contribution in [-0.2, 0) is 4.79 Å². The van der Waals surface area contributed by atoms with Gasteiger partial charge >= 0.3 is 0 Å². The summed E-state index contributed by atoms with van der Waals surface area (Å²) in [7, 11) is 0. The van der Waals surface area contributed by atoms with Crippen LogP contribution in [0.3, 0.4) is 0 Å². The van der Waals surface area contributed by atoms with Crippen LogP contribution in [0.15, 0.2) is 18.2 Å². The Bertz CT molecular complexity index is 493. The van der Waals surface area contributed by atoms with E-state index in [1.54, 1.807) is 0 Å². The SMILES string of the molecule is CCC(CCO)NC(=O)C1CC1c1cc(F)ccc1F. The Hall–Kier alpha value is -1.49. The van der Waals surface area contributed by atoms with Gasteiger partial charge in [-0.25, -0.2) is 8.78 Å². The van der Waals surface area contributed by atoms with Gasteiger partial charge in [0, 0.05) is 18.6 Å². The lowest BCUT2D eigenvalue weighted by Crippen LogP contribution is -2.36. The van der Waals surface area contributed by atoms with Gasteiger partial charge in [-0.2, -0.15) is 0 Å². The number of benzene rings is 1. The summed E-state index contributed by atoms with van der Waals surface area (Å²) < 4.78 is 26.7. The number of amides is 1. The van der Waals surface area contributed by atoms with Crippen molar-refractivity contribution < 1.29 is 18.7 Å². The van der Waals surface area contributed by atoms with Crippen molar-refractivity contribution in [3.63, 3.8) is 0 Å². The topological polar surface area (TPSA) is 49.3 Å². The molecule has 0 aliphatic heterocycles. The quantitative estimate of drug-likeness (QED) is 0.842. The zero-order valence-electron chi connectivity index (χ0n) is 11.4. The summed E-state index contributed by atoms with van der Waals surface area (Å²) in [6, 6.07) is 3.27. The van der Waals surface area contributed by atoms with Crippen LogP contribution in [0.1, 0.15) is 37.7 Å². The fourth-order valence-corrected chi connectivity index (χ4v) is 2.47. The summed E-state index contributed by atoms with van der Waals surface area (Å²) in [6.45, 7) is 1.95. The van der Waals surface area contributed by atoms with Gasteiger partial charge in [-0.3, -0.25) is 4.79 Å². The van der Waals surface area contributed by atoms with E-state index in [0.29, 0.717) is 12.8 Å². The molecule has 1 fully saturated rings. The Labute approximate surface area is 117 Å². The van der Waals surface area contributed by atoms with Crippen molar-refractivity contribution in [1.29, 1.82) is 0 Å². The van der Waals surface area contributed by atoms with Crippen LogP contribution in [0.4, 0.5) is 8.78 Å². The highest BCUT2D eigenvalue weighted by molar-refractivity contribution is 5.83. The molecule has 1 aliphatic carbocycles. The summed E-state index contributed by atoms with van der Waals surface area (Å²) in [4.78, 5) is 12.0. The van der Waals surface area contributed by atoms with Gasteiger partial charge in [0.1, 0.15) is 11.6 Å². The molecule has 0 heterocycles. The highest BCUT2D eigenvalue weighted by Crippen LogP contribution is 2.48. The molecule has 0 spiro atoms. The molecule has 0 aromatic heterocycles. The maximum atomic E-state index is 13.6. The molecule has 2 rings (SSSR count). The third-order valence-electron chi connectivity index (χ3n) is 3.80. The Morgan fingerprint density at radius 3 is 2.90 bits per heavy atom. The second-order valence-corrected chi connectivity index (χ2v) is 5.24. The number of halogens is 2. The molecule has 3 atom stereocenters. The van der Waals surface area contributed by atoms with E-state index in [1.807, 2.05) is 6.92 Å². The second-order valence-electron chi connectivity index (χ2n) is 5.24. The number of carbonyl (C=O) groups excluding carboxylic acids is 1. The highest BCUT2D eigenvalue weighted by Gasteiger charge is 2.45. The van der Waals surface area contributed by atoms with E-state index in [1.165, 1.54) is 0 Å². The Morgan fingerprint density at radius 2 is 2.25 bits per heavy atom. The summed E-state index contributed by atoms with van der Waals surface area (Å²) in [5.74, 6) is -1.62. The van der Waals surface area contributed by atoms with Gasteiger partial charge in [0.25, 0.3) is 0 Å². The van der Waals surface area contributed by atoms with Crippen molar-refractivity contribution in [2.24, 2.45) is 5.92 Å². The highest BCUT2D eigenvalue weighted by atomic mass is 19.1. The third-order valence-corrected chi connectivity index (χ3v) is 3.80. The van der Waals surface area contributed by atoms with E-state index in [9.17, 15) is 13.6 Å². The average Bonchev–Trinajstić information content (AvgIpc) is 3.21. The molecule has 3 nitrogen and oxygen atoms in total. The maximum absolute atomic E-state index is 13.6. The molecule has 1 saturated carbocycles. The molecule has 1 aliphatic rings. The monoisotopic (exact) mass is 283 g/mol. The molecule has 3 unspecified atom stereocenters. The van der Waals surface area contributed by atoms with Gasteiger partial charge in [0.05, 0.1) is 0 Å². The standard InChI is InChI=1S/C15H19F2NO2/c1-2-10(5-6-19)18-15(20)13-8-11(13)12-7-9(16)3-4-14(12)17/h3-4,7,10-11,13,19H,2,5-6,8H2,1H3,(H,18,20). The third kappa shape index (κ3) is 3.33. The zero-order valence-corrected chi connectivity index (χ0v) is 11.4. The van der Waals surface area contributed by atoms with E-state index in [2.05, 4.69) is 5.32 Å². The van der Waals surface area contributed by atoms with Crippen LogP contribution in [0, 0.1) is 17.6 Å². The van der Waals surface area contributed by atoms with Crippen molar-refractivity contribution in [1.82, 2.24) is 5.32 Å². The first-order chi connectivity index (χ1) is 9.56. The molecule has 1 aromatic carbocycles. The van der Waals surface area contributed by atoms with Crippen molar-refractivity contribution >= 4 is 5.91 Å². The number of aliphatic hydroxyl groups is 1. The van der Waals surface area contributed by atoms with Crippen molar-refractivity contribution in [2.75, 3.05) is 6.61 Å². The van der Waals surface area contributed by atoms with Crippen molar-refractivity contribution in [3.8, 4) is 0 Å². The first kappa shape index (κ1) is 14.9. The van der Waals surface area contributed by atoms with Crippen LogP contribution in [0.5, 0.6) is 0 Å². The number of hydrogen-bond acceptors (Lipinski definition) is 2. The molecule has 5 heteroatoms. The van der Waals surface area contributed by atoms with Crippen molar-refractivity contribution in [2.45, 2.75) is 38.1 Å². The first-order valence-corrected chi connectivity index (χ1v) is 6.93. The Morgan fingerprint density at radius 1 is 1.50 bits per heavy atom. The largest absolute Gasteiger partial charge is 0.396 e. The van der Waals surface area contributed by atoms with Gasteiger partial charge in [-0.1, -0.05) is 6.92 Å². The smallest absolute Gasteiger partial charge is 0.223 e. The number of carbonyl (C=O) groups is 1. The van der Waals surface area contributed by atoms with Crippen LogP contribution >= 0.6 is 0 Å². The average molecular weight is 283 g/mol. The fourth-order valence-electron chi connectivity index (χ4n) is 2.47. The van der Waals surface area contributed by atoms with E-state index in [0.717, 1.165) is 24.6 Å². The van der Waals surface area contributed by atoms with Gasteiger partial charge in [0.15, 0.2) is 0 Å². The lowest BCUT2D eigenvalue weighted by atomic mass is 10.1. The van der Waals surface area contributed by atoms with Gasteiger partial charge in [0.2, 0.25) is 5.91 Å². The number of nitrogens with one attached hydrogen (secondary N) is 1. The zero-order chi connectivity index (χ0) is 14.7. The second kappa shape index (κ2) is 6.31. The van der Waals surface area contributed by atoms with Crippen LogP contribution in [0.25, 0.3) is 0 Å². The lowest BCUT2D eigenvalue weighted by Gasteiger charge is -2.15. The molecule has 0 saturated heterocycles. The van der Waals surface area contributed by atoms with E-state index >= 15 is 0 Å². The number of hydrogen-bond donors (Lipinski definition) is 2. The summed E-state index contributed by atoms with van der Waals surface area (Å²) in [5.41, 5.74) is 0.278. The fraction of sp³-hybridized carbons (Fsp3) is 0.533. The number of aliphatic hydroxyl groups excluding tert-OH is 1. The molecule has 20 heavy (non-hydrogen) atoms. The number of rotatable bonds is 6. The molecular weight excluding hydrogens is 264 g/mol. The minimum Gasteiger partial charge on any atom is -0.396 e.